The molecule has 2 rings (SSSR count). The summed E-state index contributed by atoms with van der Waals surface area (Å²) in [7, 11) is 2.15. The first-order valence-corrected chi connectivity index (χ1v) is 12.2. The molecule has 2 saturated heterocycles. The minimum atomic E-state index is 0.308. The van der Waals surface area contributed by atoms with Crippen LogP contribution in [-0.4, -0.2) is 98.0 Å². The topological polar surface area (TPSA) is 30.0 Å². The zero-order valence-corrected chi connectivity index (χ0v) is 20.8. The number of likely N-dealkylation sites (N-methyl/N-ethyl adjacent to an activating group) is 1. The van der Waals surface area contributed by atoms with Gasteiger partial charge >= 0.3 is 0 Å². The van der Waals surface area contributed by atoms with Crippen LogP contribution in [0.3, 0.4) is 0 Å². The van der Waals surface area contributed by atoms with Crippen LogP contribution in [0, 0.1) is 0 Å². The summed E-state index contributed by atoms with van der Waals surface area (Å²) in [4.78, 5) is 21.8. The van der Waals surface area contributed by atoms with Gasteiger partial charge in [-0.3, -0.25) is 14.6 Å². The molecule has 2 aliphatic rings. The van der Waals surface area contributed by atoms with Gasteiger partial charge in [0.1, 0.15) is 0 Å². The average Bonchev–Trinajstić information content (AvgIpc) is 2.74. The molecule has 5 heteroatoms. The Morgan fingerprint density at radius 2 is 1.26 bits per heavy atom. The van der Waals surface area contributed by atoms with Crippen LogP contribution in [0.1, 0.15) is 53.4 Å². The van der Waals surface area contributed by atoms with E-state index in [-0.39, 0.29) is 0 Å². The molecule has 0 bridgehead atoms. The molecule has 2 heterocycles. The first kappa shape index (κ1) is 25.8. The van der Waals surface area contributed by atoms with E-state index >= 15 is 0 Å². The Hall–Kier alpha value is -1.43. The quantitative estimate of drug-likeness (QED) is 0.493. The molecule has 5 nitrogen and oxygen atoms in total. The SMILES string of the molecule is CC(C)=CCC/C(C)=C/CC/C(C)=C/CN1CCN(C(=O)CN2CCN(C)CC2)CC1. The van der Waals surface area contributed by atoms with Crippen LogP contribution in [0.5, 0.6) is 0 Å². The van der Waals surface area contributed by atoms with Crippen LogP contribution in [0.2, 0.25) is 0 Å². The van der Waals surface area contributed by atoms with E-state index in [4.69, 9.17) is 0 Å². The van der Waals surface area contributed by atoms with E-state index in [1.165, 1.54) is 23.1 Å². The van der Waals surface area contributed by atoms with E-state index in [1.807, 2.05) is 0 Å². The summed E-state index contributed by atoms with van der Waals surface area (Å²) < 4.78 is 0. The molecule has 2 fully saturated rings. The number of hydrogen-bond acceptors (Lipinski definition) is 4. The molecule has 0 saturated carbocycles. The van der Waals surface area contributed by atoms with Gasteiger partial charge in [0.05, 0.1) is 6.54 Å². The largest absolute Gasteiger partial charge is 0.339 e. The third-order valence-electron chi connectivity index (χ3n) is 6.50. The highest BCUT2D eigenvalue weighted by Gasteiger charge is 2.23. The minimum absolute atomic E-state index is 0.308. The standard InChI is InChI=1S/C26H46N4O/c1-23(2)8-6-9-24(3)10-7-11-25(4)12-13-28-18-20-30(21-19-28)26(31)22-29-16-14-27(5)15-17-29/h8,10,12H,6-7,9,11,13-22H2,1-5H3/b24-10+,25-12+. The first-order valence-electron chi connectivity index (χ1n) is 12.2. The highest BCUT2D eigenvalue weighted by molar-refractivity contribution is 5.78. The van der Waals surface area contributed by atoms with Crippen LogP contribution in [0.25, 0.3) is 0 Å². The molecule has 1 amide bonds. The second-order valence-electron chi connectivity index (χ2n) is 9.72. The third kappa shape index (κ3) is 10.6. The van der Waals surface area contributed by atoms with Crippen molar-refractivity contribution in [2.24, 2.45) is 0 Å². The normalized spacial score (nSPS) is 20.2. The van der Waals surface area contributed by atoms with E-state index in [0.717, 1.165) is 78.2 Å². The van der Waals surface area contributed by atoms with Crippen LogP contribution < -0.4 is 0 Å². The van der Waals surface area contributed by atoms with Crippen molar-refractivity contribution in [3.63, 3.8) is 0 Å². The average molecular weight is 431 g/mol. The van der Waals surface area contributed by atoms with Gasteiger partial charge in [-0.25, -0.2) is 0 Å². The zero-order chi connectivity index (χ0) is 22.6. The first-order chi connectivity index (χ1) is 14.8. The molecule has 0 aromatic rings. The van der Waals surface area contributed by atoms with Gasteiger partial charge in [0.25, 0.3) is 0 Å². The number of carbonyl (C=O) groups is 1. The van der Waals surface area contributed by atoms with Gasteiger partial charge < -0.3 is 9.80 Å². The maximum Gasteiger partial charge on any atom is 0.236 e. The Morgan fingerprint density at radius 3 is 1.87 bits per heavy atom. The molecule has 176 valence electrons. The fourth-order valence-electron chi connectivity index (χ4n) is 4.10. The summed E-state index contributed by atoms with van der Waals surface area (Å²) in [5.74, 6) is 0.308. The lowest BCUT2D eigenvalue weighted by Crippen LogP contribution is -2.53. The Labute approximate surface area is 191 Å². The number of piperazine rings is 2. The van der Waals surface area contributed by atoms with Crippen molar-refractivity contribution in [3.8, 4) is 0 Å². The van der Waals surface area contributed by atoms with Gasteiger partial charge in [0.2, 0.25) is 5.91 Å². The van der Waals surface area contributed by atoms with Crippen molar-refractivity contribution < 1.29 is 4.79 Å². The maximum absolute atomic E-state index is 12.6. The van der Waals surface area contributed by atoms with Gasteiger partial charge in [0.15, 0.2) is 0 Å². The van der Waals surface area contributed by atoms with Crippen molar-refractivity contribution >= 4 is 5.91 Å². The summed E-state index contributed by atoms with van der Waals surface area (Å²) in [6, 6.07) is 0. The van der Waals surface area contributed by atoms with Gasteiger partial charge in [-0.1, -0.05) is 34.9 Å². The smallest absolute Gasteiger partial charge is 0.236 e. The highest BCUT2D eigenvalue weighted by atomic mass is 16.2. The van der Waals surface area contributed by atoms with Crippen molar-refractivity contribution in [2.75, 3.05) is 72.5 Å². The maximum atomic E-state index is 12.6. The molecular formula is C26H46N4O. The molecular weight excluding hydrogens is 384 g/mol. The van der Waals surface area contributed by atoms with Gasteiger partial charge in [-0.2, -0.15) is 0 Å². The fraction of sp³-hybridized carbons (Fsp3) is 0.731. The van der Waals surface area contributed by atoms with Crippen LogP contribution >= 0.6 is 0 Å². The molecule has 0 unspecified atom stereocenters. The lowest BCUT2D eigenvalue weighted by Gasteiger charge is -2.37. The van der Waals surface area contributed by atoms with E-state index in [9.17, 15) is 4.79 Å². The molecule has 0 aromatic heterocycles. The van der Waals surface area contributed by atoms with Crippen molar-refractivity contribution in [2.45, 2.75) is 53.4 Å². The molecule has 0 N–H and O–H groups in total. The lowest BCUT2D eigenvalue weighted by atomic mass is 10.1. The van der Waals surface area contributed by atoms with E-state index in [2.05, 4.69) is 72.6 Å². The summed E-state index contributed by atoms with van der Waals surface area (Å²) in [6.07, 6.45) is 11.7. The molecule has 31 heavy (non-hydrogen) atoms. The number of carbonyl (C=O) groups excluding carboxylic acids is 1. The molecule has 0 spiro atoms. The summed E-state index contributed by atoms with van der Waals surface area (Å²) >= 11 is 0. The van der Waals surface area contributed by atoms with Gasteiger partial charge in [-0.15, -0.1) is 0 Å². The van der Waals surface area contributed by atoms with Gasteiger partial charge in [-0.05, 0) is 60.4 Å². The predicted octanol–water partition coefficient (Wildman–Crippen LogP) is 3.80. The van der Waals surface area contributed by atoms with E-state index in [0.29, 0.717) is 12.5 Å². The molecule has 2 aliphatic heterocycles. The predicted molar refractivity (Wildman–Crippen MR) is 132 cm³/mol. The number of rotatable bonds is 10. The summed E-state index contributed by atoms with van der Waals surface area (Å²) in [5, 5.41) is 0. The second-order valence-corrected chi connectivity index (χ2v) is 9.72. The molecule has 0 aliphatic carbocycles. The summed E-state index contributed by atoms with van der Waals surface area (Å²) in [6.45, 7) is 18.3. The number of allylic oxidation sites excluding steroid dienone is 5. The van der Waals surface area contributed by atoms with Crippen molar-refractivity contribution in [1.82, 2.24) is 19.6 Å². The Kier molecular flexibility index (Phi) is 11.6. The minimum Gasteiger partial charge on any atom is -0.339 e. The molecule has 0 aromatic carbocycles. The highest BCUT2D eigenvalue weighted by Crippen LogP contribution is 2.12. The Balaban J connectivity index is 1.61. The van der Waals surface area contributed by atoms with Crippen molar-refractivity contribution in [1.29, 1.82) is 0 Å². The third-order valence-corrected chi connectivity index (χ3v) is 6.50. The van der Waals surface area contributed by atoms with Crippen LogP contribution in [-0.2, 0) is 4.79 Å². The lowest BCUT2D eigenvalue weighted by molar-refractivity contribution is -0.134. The van der Waals surface area contributed by atoms with Crippen LogP contribution in [0.4, 0.5) is 0 Å². The zero-order valence-electron chi connectivity index (χ0n) is 20.8. The molecule has 0 radical (unpaired) electrons. The van der Waals surface area contributed by atoms with E-state index < -0.39 is 0 Å². The second kappa shape index (κ2) is 13.9. The van der Waals surface area contributed by atoms with Crippen molar-refractivity contribution in [3.05, 3.63) is 34.9 Å². The van der Waals surface area contributed by atoms with E-state index in [1.54, 1.807) is 0 Å². The number of amides is 1. The fourth-order valence-corrected chi connectivity index (χ4v) is 4.10. The number of hydrogen-bond donors (Lipinski definition) is 0. The Morgan fingerprint density at radius 1 is 0.710 bits per heavy atom. The number of nitrogens with zero attached hydrogens (tertiary/aromatic N) is 4. The monoisotopic (exact) mass is 430 g/mol. The molecule has 0 atom stereocenters. The Bertz CT molecular complexity index is 632. The van der Waals surface area contributed by atoms with Crippen LogP contribution in [0.15, 0.2) is 34.9 Å². The van der Waals surface area contributed by atoms with Gasteiger partial charge in [0, 0.05) is 58.9 Å². The summed E-state index contributed by atoms with van der Waals surface area (Å²) in [5.41, 5.74) is 4.39.